The highest BCUT2D eigenvalue weighted by Gasteiger charge is 1.99. The van der Waals surface area contributed by atoms with Crippen molar-refractivity contribution in [3.05, 3.63) is 12.2 Å². The summed E-state index contributed by atoms with van der Waals surface area (Å²) in [6.07, 6.45) is 10.6. The number of allylic oxidation sites excluding steroid dienone is 1. The smallest absolute Gasteiger partial charge is 0.0752 e. The molecule has 12 heavy (non-hydrogen) atoms. The molecule has 0 fully saturated rings. The van der Waals surface area contributed by atoms with Crippen LogP contribution in [0.3, 0.4) is 0 Å². The molecule has 0 aliphatic heterocycles. The number of ether oxygens (including phenoxy) is 1. The summed E-state index contributed by atoms with van der Waals surface area (Å²) < 4.78 is 5.30. The van der Waals surface area contributed by atoms with E-state index in [-0.39, 0.29) is 0 Å². The van der Waals surface area contributed by atoms with Crippen molar-refractivity contribution < 1.29 is 4.74 Å². The van der Waals surface area contributed by atoms with Crippen LogP contribution in [0.5, 0.6) is 0 Å². The second-order valence-corrected chi connectivity index (χ2v) is 3.50. The normalized spacial score (nSPS) is 13.9. The zero-order chi connectivity index (χ0) is 9.23. The third-order valence-corrected chi connectivity index (χ3v) is 2.21. The molecule has 0 N–H and O–H groups in total. The predicted molar refractivity (Wildman–Crippen MR) is 58.7 cm³/mol. The monoisotopic (exact) mass is 188 g/mol. The molecule has 2 atom stereocenters. The van der Waals surface area contributed by atoms with Crippen molar-refractivity contribution in [3.63, 3.8) is 0 Å². The fourth-order valence-corrected chi connectivity index (χ4v) is 1.26. The Morgan fingerprint density at radius 3 is 2.75 bits per heavy atom. The van der Waals surface area contributed by atoms with E-state index >= 15 is 0 Å². The Kier molecular flexibility index (Phi) is 9.32. The summed E-state index contributed by atoms with van der Waals surface area (Å²) in [5.41, 5.74) is 0. The van der Waals surface area contributed by atoms with E-state index in [0.29, 0.717) is 6.10 Å². The van der Waals surface area contributed by atoms with Crippen LogP contribution in [0.4, 0.5) is 0 Å². The van der Waals surface area contributed by atoms with Gasteiger partial charge in [-0.25, -0.2) is 0 Å². The summed E-state index contributed by atoms with van der Waals surface area (Å²) in [4.78, 5) is 0. The summed E-state index contributed by atoms with van der Waals surface area (Å²) in [6.45, 7) is 2.19. The Bertz CT molecular complexity index is 112. The van der Waals surface area contributed by atoms with Crippen LogP contribution in [0, 0.1) is 0 Å². The first-order valence-electron chi connectivity index (χ1n) is 4.74. The molecule has 0 aromatic carbocycles. The molecular weight excluding hydrogens is 167 g/mol. The molecule has 0 aliphatic carbocycles. The lowest BCUT2D eigenvalue weighted by atomic mass is 10.2. The number of hydrogen-bond donors (Lipinski definition) is 0. The number of unbranched alkanes of at least 4 members (excludes halogenated alkanes) is 1. The van der Waals surface area contributed by atoms with Crippen molar-refractivity contribution in [3.8, 4) is 0 Å². The van der Waals surface area contributed by atoms with Gasteiger partial charge in [0.05, 0.1) is 6.10 Å². The average molecular weight is 188 g/mol. The highest BCUT2D eigenvalue weighted by atomic mass is 31.0. The summed E-state index contributed by atoms with van der Waals surface area (Å²) in [7, 11) is 4.52. The Hall–Kier alpha value is 0.130. The van der Waals surface area contributed by atoms with E-state index in [1.807, 2.05) is 0 Å². The quantitative estimate of drug-likeness (QED) is 0.441. The standard InChI is InChI=1S/C10H21OP/c1-3-4-5-7-10(11-2)8-6-9-12/h5,7,10H,3-4,6,8-9,12H2,1-2H3. The van der Waals surface area contributed by atoms with Crippen molar-refractivity contribution in [2.24, 2.45) is 0 Å². The molecule has 0 saturated carbocycles. The van der Waals surface area contributed by atoms with E-state index in [2.05, 4.69) is 28.3 Å². The first kappa shape index (κ1) is 12.1. The van der Waals surface area contributed by atoms with Crippen molar-refractivity contribution >= 4 is 9.24 Å². The maximum atomic E-state index is 5.30. The topological polar surface area (TPSA) is 9.23 Å². The van der Waals surface area contributed by atoms with Crippen molar-refractivity contribution in [1.29, 1.82) is 0 Å². The lowest BCUT2D eigenvalue weighted by Gasteiger charge is -2.09. The van der Waals surface area contributed by atoms with Crippen molar-refractivity contribution in [2.45, 2.75) is 38.7 Å². The van der Waals surface area contributed by atoms with Crippen LogP contribution in [0.25, 0.3) is 0 Å². The summed E-state index contributed by atoms with van der Waals surface area (Å²) in [6, 6.07) is 0. The van der Waals surface area contributed by atoms with Gasteiger partial charge in [0, 0.05) is 7.11 Å². The van der Waals surface area contributed by atoms with E-state index in [9.17, 15) is 0 Å². The van der Waals surface area contributed by atoms with Gasteiger partial charge in [0.2, 0.25) is 0 Å². The van der Waals surface area contributed by atoms with E-state index < -0.39 is 0 Å². The lowest BCUT2D eigenvalue weighted by Crippen LogP contribution is -2.06. The largest absolute Gasteiger partial charge is 0.377 e. The van der Waals surface area contributed by atoms with Gasteiger partial charge in [0.15, 0.2) is 0 Å². The fourth-order valence-electron chi connectivity index (χ4n) is 1.03. The molecule has 0 spiro atoms. The SMILES string of the molecule is CCCC=CC(CCCP)OC. The third kappa shape index (κ3) is 6.82. The Morgan fingerprint density at radius 1 is 1.50 bits per heavy atom. The molecule has 0 aromatic heterocycles. The molecule has 72 valence electrons. The summed E-state index contributed by atoms with van der Waals surface area (Å²) in [5.74, 6) is 0. The van der Waals surface area contributed by atoms with Crippen LogP contribution >= 0.6 is 9.24 Å². The van der Waals surface area contributed by atoms with Gasteiger partial charge in [-0.15, -0.1) is 9.24 Å². The highest BCUT2D eigenvalue weighted by Crippen LogP contribution is 2.05. The van der Waals surface area contributed by atoms with Gasteiger partial charge in [-0.2, -0.15) is 0 Å². The van der Waals surface area contributed by atoms with Gasteiger partial charge in [-0.05, 0) is 25.4 Å². The molecular formula is C10H21OP. The van der Waals surface area contributed by atoms with E-state index in [4.69, 9.17) is 4.74 Å². The highest BCUT2D eigenvalue weighted by molar-refractivity contribution is 7.16. The van der Waals surface area contributed by atoms with Crippen LogP contribution in [-0.4, -0.2) is 19.4 Å². The molecule has 0 heterocycles. The number of methoxy groups -OCH3 is 1. The zero-order valence-corrected chi connectivity index (χ0v) is 9.41. The molecule has 0 saturated heterocycles. The average Bonchev–Trinajstić information content (AvgIpc) is 2.11. The molecule has 0 rings (SSSR count). The molecule has 0 aliphatic rings. The van der Waals surface area contributed by atoms with Gasteiger partial charge < -0.3 is 4.74 Å². The molecule has 0 bridgehead atoms. The number of rotatable bonds is 7. The van der Waals surface area contributed by atoms with Gasteiger partial charge in [0.1, 0.15) is 0 Å². The molecule has 0 amide bonds. The summed E-state index contributed by atoms with van der Waals surface area (Å²) in [5, 5.41) is 0. The van der Waals surface area contributed by atoms with Crippen LogP contribution in [0.2, 0.25) is 0 Å². The molecule has 0 aromatic rings. The van der Waals surface area contributed by atoms with Crippen LogP contribution in [0.1, 0.15) is 32.6 Å². The van der Waals surface area contributed by atoms with Gasteiger partial charge in [-0.3, -0.25) is 0 Å². The first-order valence-corrected chi connectivity index (χ1v) is 5.56. The van der Waals surface area contributed by atoms with E-state index in [0.717, 1.165) is 6.42 Å². The maximum absolute atomic E-state index is 5.30. The lowest BCUT2D eigenvalue weighted by molar-refractivity contribution is 0.133. The predicted octanol–water partition coefficient (Wildman–Crippen LogP) is 3.01. The Morgan fingerprint density at radius 2 is 2.25 bits per heavy atom. The minimum Gasteiger partial charge on any atom is -0.377 e. The number of hydrogen-bond acceptors (Lipinski definition) is 1. The van der Waals surface area contributed by atoms with Crippen LogP contribution in [-0.2, 0) is 4.74 Å². The maximum Gasteiger partial charge on any atom is 0.0752 e. The van der Waals surface area contributed by atoms with Gasteiger partial charge in [-0.1, -0.05) is 25.5 Å². The second-order valence-electron chi connectivity index (χ2n) is 2.92. The van der Waals surface area contributed by atoms with Crippen molar-refractivity contribution in [2.75, 3.05) is 13.3 Å². The van der Waals surface area contributed by atoms with Crippen molar-refractivity contribution in [1.82, 2.24) is 0 Å². The summed E-state index contributed by atoms with van der Waals surface area (Å²) >= 11 is 0. The van der Waals surface area contributed by atoms with E-state index in [1.54, 1.807) is 7.11 Å². The fraction of sp³-hybridized carbons (Fsp3) is 0.800. The van der Waals surface area contributed by atoms with Gasteiger partial charge in [0.25, 0.3) is 0 Å². The third-order valence-electron chi connectivity index (χ3n) is 1.80. The second kappa shape index (κ2) is 9.22. The molecule has 2 unspecified atom stereocenters. The Balaban J connectivity index is 3.51. The zero-order valence-electron chi connectivity index (χ0n) is 8.25. The first-order chi connectivity index (χ1) is 5.85. The van der Waals surface area contributed by atoms with Crippen LogP contribution in [0.15, 0.2) is 12.2 Å². The minimum atomic E-state index is 0.331. The minimum absolute atomic E-state index is 0.331. The van der Waals surface area contributed by atoms with Gasteiger partial charge >= 0.3 is 0 Å². The molecule has 1 nitrogen and oxygen atoms in total. The molecule has 2 heteroatoms. The van der Waals surface area contributed by atoms with E-state index in [1.165, 1.54) is 25.4 Å². The Labute approximate surface area is 78.8 Å². The van der Waals surface area contributed by atoms with Crippen LogP contribution < -0.4 is 0 Å². The molecule has 0 radical (unpaired) electrons.